The van der Waals surface area contributed by atoms with Crippen molar-refractivity contribution in [1.29, 1.82) is 0 Å². The molecule has 0 saturated heterocycles. The lowest BCUT2D eigenvalue weighted by molar-refractivity contribution is -0.134. The fourth-order valence-electron chi connectivity index (χ4n) is 1.15. The monoisotopic (exact) mass is 238 g/mol. The molecule has 0 aliphatic rings. The smallest absolute Gasteiger partial charge is 0.340 e. The van der Waals surface area contributed by atoms with E-state index in [0.29, 0.717) is 5.56 Å². The second-order valence-electron chi connectivity index (χ2n) is 3.09. The number of carbonyl (C=O) groups is 2. The van der Waals surface area contributed by atoms with Gasteiger partial charge in [0, 0.05) is 6.08 Å². The van der Waals surface area contributed by atoms with Gasteiger partial charge in [-0.2, -0.15) is 0 Å². The van der Waals surface area contributed by atoms with Crippen LogP contribution in [0.5, 0.6) is 0 Å². The van der Waals surface area contributed by atoms with Gasteiger partial charge in [-0.1, -0.05) is 6.07 Å². The molecule has 0 aliphatic carbocycles. The van der Waals surface area contributed by atoms with Crippen LogP contribution in [0.25, 0.3) is 6.08 Å². The van der Waals surface area contributed by atoms with E-state index < -0.39 is 17.8 Å². The van der Waals surface area contributed by atoms with Gasteiger partial charge in [-0.25, -0.2) is 14.0 Å². The van der Waals surface area contributed by atoms with E-state index in [4.69, 9.17) is 0 Å². The highest BCUT2D eigenvalue weighted by molar-refractivity contribution is 5.91. The number of esters is 2. The van der Waals surface area contributed by atoms with Crippen LogP contribution in [0.15, 0.2) is 24.3 Å². The maximum atomic E-state index is 13.3. The molecule has 0 heterocycles. The van der Waals surface area contributed by atoms with Crippen molar-refractivity contribution in [2.75, 3.05) is 14.2 Å². The van der Waals surface area contributed by atoms with Gasteiger partial charge in [-0.3, -0.25) is 0 Å². The van der Waals surface area contributed by atoms with Crippen molar-refractivity contribution in [2.45, 2.75) is 0 Å². The molecule has 0 aliphatic heterocycles. The fourth-order valence-corrected chi connectivity index (χ4v) is 1.15. The minimum absolute atomic E-state index is 0.181. The summed E-state index contributed by atoms with van der Waals surface area (Å²) in [6.07, 6.45) is 2.59. The second-order valence-corrected chi connectivity index (χ2v) is 3.09. The number of hydrogen-bond donors (Lipinski definition) is 0. The number of halogens is 1. The zero-order chi connectivity index (χ0) is 12.8. The van der Waals surface area contributed by atoms with Gasteiger partial charge >= 0.3 is 11.9 Å². The van der Waals surface area contributed by atoms with Crippen LogP contribution in [0, 0.1) is 5.82 Å². The average Bonchev–Trinajstić information content (AvgIpc) is 2.36. The zero-order valence-corrected chi connectivity index (χ0v) is 9.40. The Kier molecular flexibility index (Phi) is 4.39. The Labute approximate surface area is 97.6 Å². The van der Waals surface area contributed by atoms with Gasteiger partial charge in [0.2, 0.25) is 0 Å². The molecule has 0 aromatic heterocycles. The van der Waals surface area contributed by atoms with Crippen molar-refractivity contribution in [2.24, 2.45) is 0 Å². The number of benzene rings is 1. The lowest BCUT2D eigenvalue weighted by Gasteiger charge is -2.02. The van der Waals surface area contributed by atoms with E-state index in [2.05, 4.69) is 9.47 Å². The van der Waals surface area contributed by atoms with Crippen LogP contribution in [-0.2, 0) is 14.3 Å². The first-order chi connectivity index (χ1) is 8.08. The molecular formula is C12H11FO4. The Bertz CT molecular complexity index is 466. The third-order valence-corrected chi connectivity index (χ3v) is 2.01. The lowest BCUT2D eigenvalue weighted by atomic mass is 10.1. The van der Waals surface area contributed by atoms with Crippen LogP contribution in [0.1, 0.15) is 15.9 Å². The first-order valence-corrected chi connectivity index (χ1v) is 4.72. The molecule has 0 unspecified atom stereocenters. The number of carbonyl (C=O) groups excluding carboxylic acids is 2. The number of methoxy groups -OCH3 is 2. The molecular weight excluding hydrogens is 227 g/mol. The Morgan fingerprint density at radius 3 is 2.53 bits per heavy atom. The van der Waals surface area contributed by atoms with Crippen molar-refractivity contribution in [3.05, 3.63) is 41.2 Å². The number of hydrogen-bond acceptors (Lipinski definition) is 4. The third-order valence-electron chi connectivity index (χ3n) is 2.01. The van der Waals surface area contributed by atoms with Gasteiger partial charge in [0.05, 0.1) is 19.8 Å². The van der Waals surface area contributed by atoms with Crippen molar-refractivity contribution in [3.8, 4) is 0 Å². The Balaban J connectivity index is 3.00. The van der Waals surface area contributed by atoms with Crippen LogP contribution < -0.4 is 0 Å². The Morgan fingerprint density at radius 1 is 1.24 bits per heavy atom. The molecule has 1 aromatic rings. The molecule has 0 radical (unpaired) electrons. The van der Waals surface area contributed by atoms with Gasteiger partial charge in [-0.15, -0.1) is 0 Å². The number of ether oxygens (including phenoxy) is 2. The molecule has 4 nitrogen and oxygen atoms in total. The van der Waals surface area contributed by atoms with E-state index in [1.165, 1.54) is 38.5 Å². The molecule has 1 aromatic carbocycles. The van der Waals surface area contributed by atoms with E-state index in [-0.39, 0.29) is 5.56 Å². The molecule has 0 spiro atoms. The van der Waals surface area contributed by atoms with Crippen LogP contribution in [0.2, 0.25) is 0 Å². The largest absolute Gasteiger partial charge is 0.466 e. The van der Waals surface area contributed by atoms with E-state index in [1.807, 2.05) is 0 Å². The minimum Gasteiger partial charge on any atom is -0.466 e. The first kappa shape index (κ1) is 12.9. The summed E-state index contributed by atoms with van der Waals surface area (Å²) in [6, 6.07) is 3.85. The summed E-state index contributed by atoms with van der Waals surface area (Å²) in [5, 5.41) is 0. The minimum atomic E-state index is -0.768. The van der Waals surface area contributed by atoms with Crippen LogP contribution in [-0.4, -0.2) is 26.2 Å². The van der Waals surface area contributed by atoms with Crippen molar-refractivity contribution in [3.63, 3.8) is 0 Å². The van der Waals surface area contributed by atoms with Crippen LogP contribution in [0.3, 0.4) is 0 Å². The highest BCUT2D eigenvalue weighted by Crippen LogP contribution is 2.13. The summed E-state index contributed by atoms with van der Waals surface area (Å²) in [7, 11) is 2.41. The molecule has 0 saturated carbocycles. The second kappa shape index (κ2) is 5.79. The summed E-state index contributed by atoms with van der Waals surface area (Å²) in [4.78, 5) is 22.1. The maximum Gasteiger partial charge on any atom is 0.340 e. The van der Waals surface area contributed by atoms with Gasteiger partial charge in [0.1, 0.15) is 5.82 Å². The van der Waals surface area contributed by atoms with Gasteiger partial charge in [0.25, 0.3) is 0 Å². The summed E-state index contributed by atoms with van der Waals surface area (Å²) in [5.41, 5.74) is 0.316. The maximum absolute atomic E-state index is 13.3. The number of rotatable bonds is 3. The molecule has 0 bridgehead atoms. The molecule has 1 rings (SSSR count). The summed E-state index contributed by atoms with van der Waals surface area (Å²) < 4.78 is 22.1. The molecule has 0 fully saturated rings. The highest BCUT2D eigenvalue weighted by Gasteiger charge is 2.11. The Morgan fingerprint density at radius 2 is 1.94 bits per heavy atom. The Hall–Kier alpha value is -2.17. The first-order valence-electron chi connectivity index (χ1n) is 4.72. The normalized spacial score (nSPS) is 10.3. The quantitative estimate of drug-likeness (QED) is 0.595. The molecule has 0 atom stereocenters. The topological polar surface area (TPSA) is 52.6 Å². The van der Waals surface area contributed by atoms with Crippen molar-refractivity contribution >= 4 is 18.0 Å². The molecule has 0 amide bonds. The zero-order valence-electron chi connectivity index (χ0n) is 9.40. The third kappa shape index (κ3) is 3.41. The van der Waals surface area contributed by atoms with E-state index in [1.54, 1.807) is 0 Å². The molecule has 0 N–H and O–H groups in total. The molecule has 90 valence electrons. The van der Waals surface area contributed by atoms with E-state index >= 15 is 0 Å². The SMILES string of the molecule is COC(=O)C=Cc1ccc(F)c(C(=O)OC)c1. The van der Waals surface area contributed by atoms with Crippen molar-refractivity contribution in [1.82, 2.24) is 0 Å². The predicted octanol–water partition coefficient (Wildman–Crippen LogP) is 1.80. The van der Waals surface area contributed by atoms with Gasteiger partial charge < -0.3 is 9.47 Å². The van der Waals surface area contributed by atoms with Gasteiger partial charge in [0.15, 0.2) is 0 Å². The molecule has 5 heteroatoms. The summed E-state index contributed by atoms with van der Waals surface area (Å²) in [5.74, 6) is -1.98. The summed E-state index contributed by atoms with van der Waals surface area (Å²) in [6.45, 7) is 0. The van der Waals surface area contributed by atoms with E-state index in [9.17, 15) is 14.0 Å². The molecule has 17 heavy (non-hydrogen) atoms. The highest BCUT2D eigenvalue weighted by atomic mass is 19.1. The standard InChI is InChI=1S/C12H11FO4/c1-16-11(14)6-4-8-3-5-10(13)9(7-8)12(15)17-2/h3-7H,1-2H3. The van der Waals surface area contributed by atoms with E-state index in [0.717, 1.165) is 6.07 Å². The van der Waals surface area contributed by atoms with Crippen molar-refractivity contribution < 1.29 is 23.5 Å². The predicted molar refractivity (Wildman–Crippen MR) is 58.8 cm³/mol. The van der Waals surface area contributed by atoms with Crippen LogP contribution >= 0.6 is 0 Å². The van der Waals surface area contributed by atoms with Gasteiger partial charge in [-0.05, 0) is 23.8 Å². The lowest BCUT2D eigenvalue weighted by Crippen LogP contribution is -2.04. The fraction of sp³-hybridized carbons (Fsp3) is 0.167. The van der Waals surface area contributed by atoms with Crippen LogP contribution in [0.4, 0.5) is 4.39 Å². The average molecular weight is 238 g/mol. The summed E-state index contributed by atoms with van der Waals surface area (Å²) >= 11 is 0.